The Morgan fingerprint density at radius 3 is 2.15 bits per heavy atom. The molecular formula is C14H20N2O4. The Morgan fingerprint density at radius 1 is 1.20 bits per heavy atom. The van der Waals surface area contributed by atoms with Crippen molar-refractivity contribution >= 4 is 17.7 Å². The first kappa shape index (κ1) is 16.0. The molecule has 0 fully saturated rings. The quantitative estimate of drug-likeness (QED) is 0.914. The zero-order valence-electron chi connectivity index (χ0n) is 12.2. The second-order valence-electron chi connectivity index (χ2n) is 5.11. The van der Waals surface area contributed by atoms with Crippen LogP contribution in [0.5, 0.6) is 5.75 Å². The van der Waals surface area contributed by atoms with Gasteiger partial charge in [-0.15, -0.1) is 0 Å². The van der Waals surface area contributed by atoms with Crippen LogP contribution in [-0.2, 0) is 9.53 Å². The second kappa shape index (κ2) is 6.38. The Bertz CT molecular complexity index is 477. The Hall–Kier alpha value is -2.08. The number of nitrogens with two attached hydrogens (primary N) is 1. The highest BCUT2D eigenvalue weighted by Gasteiger charge is 2.27. The van der Waals surface area contributed by atoms with Gasteiger partial charge < -0.3 is 15.2 Å². The number of rotatable bonds is 3. The highest BCUT2D eigenvalue weighted by molar-refractivity contribution is 6.13. The molecule has 2 amide bonds. The smallest absolute Gasteiger partial charge is 0.421 e. The van der Waals surface area contributed by atoms with Crippen molar-refractivity contribution in [2.24, 2.45) is 5.73 Å². The molecule has 0 bridgehead atoms. The zero-order valence-corrected chi connectivity index (χ0v) is 12.2. The molecule has 0 unspecified atom stereocenters. The number of carbonyl (C=O) groups excluding carboxylic acids is 2. The summed E-state index contributed by atoms with van der Waals surface area (Å²) in [6.45, 7) is 4.89. The van der Waals surface area contributed by atoms with Crippen molar-refractivity contribution in [2.45, 2.75) is 26.4 Å². The minimum Gasteiger partial charge on any atom is -0.497 e. The van der Waals surface area contributed by atoms with E-state index in [1.54, 1.807) is 45.0 Å². The van der Waals surface area contributed by atoms with Crippen molar-refractivity contribution < 1.29 is 19.1 Å². The molecule has 2 N–H and O–H groups in total. The standard InChI is InChI=1S/C14H20N2O4/c1-14(2,3)20-13(18)16(12(17)9-15)10-5-7-11(19-4)8-6-10/h5-8H,9,15H2,1-4H3. The topological polar surface area (TPSA) is 81.9 Å². The van der Waals surface area contributed by atoms with Crippen LogP contribution in [-0.4, -0.2) is 31.3 Å². The molecule has 0 spiro atoms. The number of anilines is 1. The third-order valence-corrected chi connectivity index (χ3v) is 2.33. The summed E-state index contributed by atoms with van der Waals surface area (Å²) in [7, 11) is 1.53. The van der Waals surface area contributed by atoms with Crippen LogP contribution in [0.2, 0.25) is 0 Å². The molecule has 0 aliphatic rings. The van der Waals surface area contributed by atoms with Crippen molar-refractivity contribution in [3.05, 3.63) is 24.3 Å². The van der Waals surface area contributed by atoms with Gasteiger partial charge in [0, 0.05) is 0 Å². The summed E-state index contributed by atoms with van der Waals surface area (Å²) in [5.74, 6) is 0.0857. The van der Waals surface area contributed by atoms with E-state index in [0.29, 0.717) is 11.4 Å². The molecule has 0 aliphatic carbocycles. The van der Waals surface area contributed by atoms with Gasteiger partial charge in [0.15, 0.2) is 0 Å². The van der Waals surface area contributed by atoms with Gasteiger partial charge in [-0.1, -0.05) is 0 Å². The number of amides is 2. The van der Waals surface area contributed by atoms with Crippen LogP contribution in [0.3, 0.4) is 0 Å². The first-order chi connectivity index (χ1) is 9.28. The van der Waals surface area contributed by atoms with Crippen LogP contribution < -0.4 is 15.4 Å². The predicted octanol–water partition coefficient (Wildman–Crippen LogP) is 1.92. The number of carbonyl (C=O) groups is 2. The van der Waals surface area contributed by atoms with E-state index in [0.717, 1.165) is 4.90 Å². The van der Waals surface area contributed by atoms with E-state index in [1.807, 2.05) is 0 Å². The Kier molecular flexibility index (Phi) is 5.10. The Labute approximate surface area is 118 Å². The average Bonchev–Trinajstić information content (AvgIpc) is 2.37. The van der Waals surface area contributed by atoms with E-state index in [9.17, 15) is 9.59 Å². The number of imide groups is 1. The summed E-state index contributed by atoms with van der Waals surface area (Å²) in [5.41, 5.74) is 5.03. The summed E-state index contributed by atoms with van der Waals surface area (Å²) in [4.78, 5) is 24.9. The molecule has 1 rings (SSSR count). The number of nitrogens with zero attached hydrogens (tertiary/aromatic N) is 1. The molecule has 6 nitrogen and oxygen atoms in total. The predicted molar refractivity (Wildman–Crippen MR) is 75.8 cm³/mol. The molecule has 1 aromatic rings. The molecule has 0 atom stereocenters. The molecule has 0 aromatic heterocycles. The Morgan fingerprint density at radius 2 is 1.75 bits per heavy atom. The summed E-state index contributed by atoms with van der Waals surface area (Å²) in [6.07, 6.45) is -0.752. The lowest BCUT2D eigenvalue weighted by atomic mass is 10.2. The van der Waals surface area contributed by atoms with Gasteiger partial charge in [-0.3, -0.25) is 4.79 Å². The molecule has 0 saturated carbocycles. The van der Waals surface area contributed by atoms with Gasteiger partial charge in [0.1, 0.15) is 11.4 Å². The molecule has 0 saturated heterocycles. The first-order valence-electron chi connectivity index (χ1n) is 6.18. The van der Waals surface area contributed by atoms with E-state index in [1.165, 1.54) is 7.11 Å². The van der Waals surface area contributed by atoms with Crippen LogP contribution in [0.4, 0.5) is 10.5 Å². The maximum Gasteiger partial charge on any atom is 0.421 e. The summed E-state index contributed by atoms with van der Waals surface area (Å²) in [5, 5.41) is 0. The van der Waals surface area contributed by atoms with E-state index < -0.39 is 17.6 Å². The van der Waals surface area contributed by atoms with Crippen LogP contribution in [0.25, 0.3) is 0 Å². The van der Waals surface area contributed by atoms with Gasteiger partial charge in [0.2, 0.25) is 5.91 Å². The number of benzene rings is 1. The fourth-order valence-electron chi connectivity index (χ4n) is 1.48. The van der Waals surface area contributed by atoms with Gasteiger partial charge in [0.25, 0.3) is 0 Å². The minimum atomic E-state index is -0.752. The number of ether oxygens (including phenoxy) is 2. The zero-order chi connectivity index (χ0) is 15.3. The van der Waals surface area contributed by atoms with Gasteiger partial charge >= 0.3 is 6.09 Å². The van der Waals surface area contributed by atoms with Crippen molar-refractivity contribution in [2.75, 3.05) is 18.6 Å². The second-order valence-corrected chi connectivity index (χ2v) is 5.11. The lowest BCUT2D eigenvalue weighted by Crippen LogP contribution is -2.43. The lowest BCUT2D eigenvalue weighted by molar-refractivity contribution is -0.117. The van der Waals surface area contributed by atoms with Crippen LogP contribution in [0, 0.1) is 0 Å². The third kappa shape index (κ3) is 4.24. The monoisotopic (exact) mass is 280 g/mol. The van der Waals surface area contributed by atoms with Crippen LogP contribution in [0.15, 0.2) is 24.3 Å². The number of hydrogen-bond donors (Lipinski definition) is 1. The lowest BCUT2D eigenvalue weighted by Gasteiger charge is -2.26. The average molecular weight is 280 g/mol. The van der Waals surface area contributed by atoms with E-state index in [2.05, 4.69) is 0 Å². The SMILES string of the molecule is COc1ccc(N(C(=O)CN)C(=O)OC(C)(C)C)cc1. The van der Waals surface area contributed by atoms with Crippen molar-refractivity contribution in [1.29, 1.82) is 0 Å². The van der Waals surface area contributed by atoms with Gasteiger partial charge in [-0.2, -0.15) is 0 Å². The molecule has 0 radical (unpaired) electrons. The number of methoxy groups -OCH3 is 1. The van der Waals surface area contributed by atoms with Crippen molar-refractivity contribution in [3.63, 3.8) is 0 Å². The molecule has 1 aromatic carbocycles. The molecule has 0 heterocycles. The minimum absolute atomic E-state index is 0.286. The van der Waals surface area contributed by atoms with Gasteiger partial charge in [-0.05, 0) is 45.0 Å². The van der Waals surface area contributed by atoms with Gasteiger partial charge in [0.05, 0.1) is 19.3 Å². The fraction of sp³-hybridized carbons (Fsp3) is 0.429. The summed E-state index contributed by atoms with van der Waals surface area (Å²) >= 11 is 0. The van der Waals surface area contributed by atoms with E-state index in [4.69, 9.17) is 15.2 Å². The van der Waals surface area contributed by atoms with Crippen LogP contribution >= 0.6 is 0 Å². The van der Waals surface area contributed by atoms with Crippen molar-refractivity contribution in [1.82, 2.24) is 0 Å². The van der Waals surface area contributed by atoms with Crippen molar-refractivity contribution in [3.8, 4) is 5.75 Å². The molecular weight excluding hydrogens is 260 g/mol. The van der Waals surface area contributed by atoms with Crippen LogP contribution in [0.1, 0.15) is 20.8 Å². The highest BCUT2D eigenvalue weighted by Crippen LogP contribution is 2.21. The molecule has 110 valence electrons. The maximum atomic E-state index is 12.1. The summed E-state index contributed by atoms with van der Waals surface area (Å²) < 4.78 is 10.2. The normalized spacial score (nSPS) is 10.8. The Balaban J connectivity index is 3.05. The highest BCUT2D eigenvalue weighted by atomic mass is 16.6. The third-order valence-electron chi connectivity index (χ3n) is 2.33. The fourth-order valence-corrected chi connectivity index (χ4v) is 1.48. The molecule has 20 heavy (non-hydrogen) atoms. The maximum absolute atomic E-state index is 12.1. The summed E-state index contributed by atoms with van der Waals surface area (Å²) in [6, 6.07) is 6.49. The molecule has 0 aliphatic heterocycles. The molecule has 6 heteroatoms. The van der Waals surface area contributed by atoms with E-state index >= 15 is 0 Å². The first-order valence-corrected chi connectivity index (χ1v) is 6.18. The van der Waals surface area contributed by atoms with Gasteiger partial charge in [-0.25, -0.2) is 9.69 Å². The largest absolute Gasteiger partial charge is 0.497 e. The van der Waals surface area contributed by atoms with E-state index in [-0.39, 0.29) is 6.54 Å². The number of hydrogen-bond acceptors (Lipinski definition) is 5.